The van der Waals surface area contributed by atoms with E-state index in [-0.39, 0.29) is 0 Å². The summed E-state index contributed by atoms with van der Waals surface area (Å²) in [5.74, 6) is 8.29. The SMILES string of the molecule is CC[S+](CC)CC.CC[S+](CC)CC.O=S(=O)(NS(=O)(=O)C(F)(F)F)C(F)(F)F. The first-order valence-corrected chi connectivity index (χ1v) is 15.0. The number of hydrogen-bond acceptors (Lipinski definition) is 4. The summed E-state index contributed by atoms with van der Waals surface area (Å²) < 4.78 is 108. The van der Waals surface area contributed by atoms with Crippen molar-refractivity contribution in [3.63, 3.8) is 0 Å². The van der Waals surface area contributed by atoms with E-state index in [1.165, 1.54) is 34.5 Å². The van der Waals surface area contributed by atoms with Crippen molar-refractivity contribution in [3.8, 4) is 0 Å². The molecule has 0 amide bonds. The van der Waals surface area contributed by atoms with Crippen molar-refractivity contribution in [2.75, 3.05) is 34.5 Å². The zero-order chi connectivity index (χ0) is 24.1. The quantitative estimate of drug-likeness (QED) is 0.393. The van der Waals surface area contributed by atoms with Crippen molar-refractivity contribution in [1.82, 2.24) is 4.13 Å². The second kappa shape index (κ2) is 15.0. The van der Waals surface area contributed by atoms with E-state index in [0.29, 0.717) is 0 Å². The summed E-state index contributed by atoms with van der Waals surface area (Å²) in [6.07, 6.45) is 0. The molecular weight excluding hydrogens is 488 g/mol. The molecule has 0 unspecified atom stereocenters. The van der Waals surface area contributed by atoms with Crippen LogP contribution < -0.4 is 4.13 Å². The first kappa shape index (κ1) is 33.8. The van der Waals surface area contributed by atoms with E-state index in [0.717, 1.165) is 21.8 Å². The van der Waals surface area contributed by atoms with Gasteiger partial charge in [0.25, 0.3) is 0 Å². The minimum atomic E-state index is -6.60. The third-order valence-corrected chi connectivity index (χ3v) is 11.2. The van der Waals surface area contributed by atoms with Crippen LogP contribution in [0.25, 0.3) is 0 Å². The molecular formula is C14H31F6NO4S4+2. The standard InChI is InChI=1S/2C6H15S.C2HF6NO4S2/c2*1-4-7(5-2)6-3;3-1(4,5)14(10,11)9-15(12,13)2(6,7)8/h2*4-6H2,1-3H3;9H/q2*+1;. The molecule has 0 radical (unpaired) electrons. The van der Waals surface area contributed by atoms with Gasteiger partial charge in [-0.25, -0.2) is 16.8 Å². The van der Waals surface area contributed by atoms with E-state index in [1.54, 1.807) is 0 Å². The molecule has 0 aliphatic carbocycles. The molecule has 180 valence electrons. The summed E-state index contributed by atoms with van der Waals surface area (Å²) in [4.78, 5) is 0. The highest BCUT2D eigenvalue weighted by Crippen LogP contribution is 2.27. The third-order valence-electron chi connectivity index (χ3n) is 3.28. The van der Waals surface area contributed by atoms with Crippen LogP contribution in [0.4, 0.5) is 26.3 Å². The molecule has 5 nitrogen and oxygen atoms in total. The van der Waals surface area contributed by atoms with E-state index < -0.39 is 35.2 Å². The molecule has 0 aromatic rings. The minimum absolute atomic E-state index is 0.493. The maximum atomic E-state index is 11.5. The van der Waals surface area contributed by atoms with Crippen molar-refractivity contribution in [3.05, 3.63) is 0 Å². The zero-order valence-electron chi connectivity index (χ0n) is 17.3. The van der Waals surface area contributed by atoms with Crippen molar-refractivity contribution in [2.24, 2.45) is 0 Å². The van der Waals surface area contributed by atoms with E-state index in [2.05, 4.69) is 41.5 Å². The van der Waals surface area contributed by atoms with E-state index >= 15 is 0 Å². The maximum absolute atomic E-state index is 11.5. The number of halogens is 6. The molecule has 15 heteroatoms. The van der Waals surface area contributed by atoms with Crippen LogP contribution in [0.1, 0.15) is 41.5 Å². The van der Waals surface area contributed by atoms with Crippen LogP contribution in [-0.4, -0.2) is 62.4 Å². The van der Waals surface area contributed by atoms with Crippen LogP contribution in [0.3, 0.4) is 0 Å². The lowest BCUT2D eigenvalue weighted by molar-refractivity contribution is -0.0476. The molecule has 1 N–H and O–H groups in total. The fraction of sp³-hybridized carbons (Fsp3) is 1.00. The zero-order valence-corrected chi connectivity index (χ0v) is 20.5. The lowest BCUT2D eigenvalue weighted by Gasteiger charge is -2.11. The highest BCUT2D eigenvalue weighted by molar-refractivity contribution is 8.05. The highest BCUT2D eigenvalue weighted by Gasteiger charge is 2.55. The van der Waals surface area contributed by atoms with Gasteiger partial charge < -0.3 is 0 Å². The van der Waals surface area contributed by atoms with Crippen LogP contribution in [0.15, 0.2) is 0 Å². The molecule has 0 aliphatic rings. The average molecular weight is 520 g/mol. The molecule has 0 saturated carbocycles. The Kier molecular flexibility index (Phi) is 17.5. The summed E-state index contributed by atoms with van der Waals surface area (Å²) in [5, 5.41) is 0. The lowest BCUT2D eigenvalue weighted by atomic mass is 10.9. The summed E-state index contributed by atoms with van der Waals surface area (Å²) in [6, 6.07) is 0. The van der Waals surface area contributed by atoms with Gasteiger partial charge >= 0.3 is 31.1 Å². The first-order chi connectivity index (χ1) is 12.9. The Hall–Kier alpha value is 0.140. The van der Waals surface area contributed by atoms with Gasteiger partial charge in [0, 0.05) is 0 Å². The molecule has 0 aliphatic heterocycles. The molecule has 0 bridgehead atoms. The topological polar surface area (TPSA) is 80.3 Å². The smallest absolute Gasteiger partial charge is 0.202 e. The average Bonchev–Trinajstić information content (AvgIpc) is 2.56. The monoisotopic (exact) mass is 519 g/mol. The van der Waals surface area contributed by atoms with E-state index in [4.69, 9.17) is 0 Å². The number of hydrogen-bond donors (Lipinski definition) is 1. The highest BCUT2D eigenvalue weighted by atomic mass is 32.3. The predicted molar refractivity (Wildman–Crippen MR) is 111 cm³/mol. The summed E-state index contributed by atoms with van der Waals surface area (Å²) in [5.41, 5.74) is -12.3. The van der Waals surface area contributed by atoms with Gasteiger partial charge in [0.1, 0.15) is 34.5 Å². The fourth-order valence-corrected chi connectivity index (χ4v) is 5.82. The Balaban J connectivity index is -0.000000402. The van der Waals surface area contributed by atoms with Gasteiger partial charge in [-0.05, 0) is 63.3 Å². The van der Waals surface area contributed by atoms with Crippen LogP contribution in [0.2, 0.25) is 0 Å². The summed E-state index contributed by atoms with van der Waals surface area (Å²) in [7, 11) is -11.7. The van der Waals surface area contributed by atoms with Gasteiger partial charge in [-0.1, -0.05) is 4.13 Å². The molecule has 0 aromatic carbocycles. The number of rotatable bonds is 8. The second-order valence-electron chi connectivity index (χ2n) is 4.94. The number of nitrogens with one attached hydrogen (secondary N) is 1. The lowest BCUT2D eigenvalue weighted by Crippen LogP contribution is -2.45. The Labute approximate surface area is 176 Å². The second-order valence-corrected chi connectivity index (χ2v) is 14.5. The molecule has 0 spiro atoms. The Morgan fingerprint density at radius 3 is 0.793 bits per heavy atom. The molecule has 0 atom stereocenters. The van der Waals surface area contributed by atoms with Crippen molar-refractivity contribution in [2.45, 2.75) is 52.6 Å². The van der Waals surface area contributed by atoms with Gasteiger partial charge in [0.05, 0.1) is 0 Å². The van der Waals surface area contributed by atoms with Crippen LogP contribution in [0, 0.1) is 0 Å². The van der Waals surface area contributed by atoms with Gasteiger partial charge in [-0.2, -0.15) is 26.3 Å². The van der Waals surface area contributed by atoms with E-state index in [1.807, 2.05) is 0 Å². The van der Waals surface area contributed by atoms with Gasteiger partial charge in [-0.3, -0.25) is 0 Å². The Morgan fingerprint density at radius 2 is 0.724 bits per heavy atom. The van der Waals surface area contributed by atoms with Crippen LogP contribution in [0.5, 0.6) is 0 Å². The third kappa shape index (κ3) is 14.7. The summed E-state index contributed by atoms with van der Waals surface area (Å²) >= 11 is 0. The van der Waals surface area contributed by atoms with Crippen molar-refractivity contribution >= 4 is 41.8 Å². The van der Waals surface area contributed by atoms with Gasteiger partial charge in [0.2, 0.25) is 0 Å². The molecule has 0 saturated heterocycles. The largest absolute Gasteiger partial charge is 0.512 e. The van der Waals surface area contributed by atoms with Gasteiger partial charge in [-0.15, -0.1) is 0 Å². The molecule has 29 heavy (non-hydrogen) atoms. The van der Waals surface area contributed by atoms with Gasteiger partial charge in [0.15, 0.2) is 0 Å². The predicted octanol–water partition coefficient (Wildman–Crippen LogP) is 3.60. The Bertz CT molecular complexity index is 548. The summed E-state index contributed by atoms with van der Waals surface area (Å²) in [6.45, 7) is 13.6. The van der Waals surface area contributed by atoms with Crippen molar-refractivity contribution < 1.29 is 43.2 Å². The molecule has 0 rings (SSSR count). The molecule has 0 heterocycles. The molecule has 0 fully saturated rings. The van der Waals surface area contributed by atoms with Crippen molar-refractivity contribution in [1.29, 1.82) is 0 Å². The number of sulfonamides is 2. The Morgan fingerprint density at radius 1 is 0.552 bits per heavy atom. The first-order valence-electron chi connectivity index (χ1n) is 8.59. The minimum Gasteiger partial charge on any atom is -0.202 e. The van der Waals surface area contributed by atoms with Crippen LogP contribution >= 0.6 is 0 Å². The maximum Gasteiger partial charge on any atom is 0.512 e. The normalized spacial score (nSPS) is 12.9. The number of alkyl halides is 6. The van der Waals surface area contributed by atoms with E-state index in [9.17, 15) is 43.2 Å². The molecule has 0 aromatic heterocycles. The fourth-order valence-electron chi connectivity index (χ4n) is 1.46. The van der Waals surface area contributed by atoms with Crippen LogP contribution in [-0.2, 0) is 41.8 Å².